The number of sulfonamides is 1. The Labute approximate surface area is 172 Å². The van der Waals surface area contributed by atoms with Gasteiger partial charge in [-0.1, -0.05) is 19.1 Å². The van der Waals surface area contributed by atoms with E-state index in [1.165, 1.54) is 0 Å². The van der Waals surface area contributed by atoms with Crippen LogP contribution in [-0.4, -0.2) is 26.8 Å². The molecule has 0 bridgehead atoms. The first-order chi connectivity index (χ1) is 13.6. The number of rotatable bonds is 8. The van der Waals surface area contributed by atoms with E-state index in [4.69, 9.17) is 0 Å². The molecule has 2 rings (SSSR count). The molecule has 2 amide bonds. The van der Waals surface area contributed by atoms with E-state index in [0.29, 0.717) is 17.8 Å². The van der Waals surface area contributed by atoms with Crippen LogP contribution in [-0.2, 0) is 19.6 Å². The van der Waals surface area contributed by atoms with Crippen LogP contribution in [0.5, 0.6) is 0 Å². The van der Waals surface area contributed by atoms with Crippen LogP contribution in [0.2, 0.25) is 0 Å². The van der Waals surface area contributed by atoms with Gasteiger partial charge in [-0.3, -0.25) is 9.59 Å². The van der Waals surface area contributed by atoms with Gasteiger partial charge in [-0.25, -0.2) is 13.1 Å². The average molecular weight is 418 g/mol. The Hall–Kier alpha value is -2.71. The van der Waals surface area contributed by atoms with Crippen molar-refractivity contribution in [2.45, 2.75) is 45.4 Å². The smallest absolute Gasteiger partial charge is 0.240 e. The van der Waals surface area contributed by atoms with Gasteiger partial charge in [0.15, 0.2) is 0 Å². The summed E-state index contributed by atoms with van der Waals surface area (Å²) in [4.78, 5) is 23.9. The number of carbonyl (C=O) groups excluding carboxylic acids is 2. The third-order valence-corrected chi connectivity index (χ3v) is 6.01. The van der Waals surface area contributed by atoms with Crippen molar-refractivity contribution in [3.8, 4) is 0 Å². The van der Waals surface area contributed by atoms with Gasteiger partial charge in [0, 0.05) is 30.8 Å². The Morgan fingerprint density at radius 1 is 0.862 bits per heavy atom. The van der Waals surface area contributed by atoms with E-state index in [1.807, 2.05) is 20.8 Å². The molecule has 156 valence electrons. The highest BCUT2D eigenvalue weighted by atomic mass is 32.2. The van der Waals surface area contributed by atoms with E-state index in [-0.39, 0.29) is 29.7 Å². The first-order valence-electron chi connectivity index (χ1n) is 9.39. The van der Waals surface area contributed by atoms with Crippen molar-refractivity contribution < 1.29 is 18.0 Å². The number of anilines is 2. The molecule has 7 nitrogen and oxygen atoms in total. The Balaban J connectivity index is 1.95. The van der Waals surface area contributed by atoms with E-state index in [1.54, 1.807) is 43.3 Å². The SMILES string of the molecule is CCC(=O)Nc1ccc(C)c(NC(=O)CCNS(=O)(=O)c2ccc(C)c(C)c2)c1. The summed E-state index contributed by atoms with van der Waals surface area (Å²) in [6.07, 6.45) is 0.339. The van der Waals surface area contributed by atoms with Gasteiger partial charge in [0.1, 0.15) is 0 Å². The zero-order chi connectivity index (χ0) is 21.6. The predicted octanol–water partition coefficient (Wildman–Crippen LogP) is 3.27. The lowest BCUT2D eigenvalue weighted by Crippen LogP contribution is -2.28. The molecule has 0 atom stereocenters. The third-order valence-electron chi connectivity index (χ3n) is 4.55. The normalized spacial score (nSPS) is 11.2. The maximum absolute atomic E-state index is 12.4. The predicted molar refractivity (Wildman–Crippen MR) is 114 cm³/mol. The summed E-state index contributed by atoms with van der Waals surface area (Å²) >= 11 is 0. The number of carbonyl (C=O) groups is 2. The molecule has 2 aromatic carbocycles. The lowest BCUT2D eigenvalue weighted by atomic mass is 10.1. The Morgan fingerprint density at radius 2 is 1.55 bits per heavy atom. The highest BCUT2D eigenvalue weighted by Gasteiger charge is 2.15. The van der Waals surface area contributed by atoms with Gasteiger partial charge in [0.05, 0.1) is 4.90 Å². The lowest BCUT2D eigenvalue weighted by Gasteiger charge is -2.12. The summed E-state index contributed by atoms with van der Waals surface area (Å²) in [5, 5.41) is 5.50. The molecular formula is C21H27N3O4S. The quantitative estimate of drug-likeness (QED) is 0.613. The largest absolute Gasteiger partial charge is 0.326 e. The van der Waals surface area contributed by atoms with Crippen LogP contribution in [0.3, 0.4) is 0 Å². The standard InChI is InChI=1S/C21H27N3O4S/c1-5-20(25)23-17-8-6-15(3)19(13-17)24-21(26)10-11-22-29(27,28)18-9-7-14(2)16(4)12-18/h6-9,12-13,22H,5,10-11H2,1-4H3,(H,23,25)(H,24,26). The minimum atomic E-state index is -3.68. The van der Waals surface area contributed by atoms with Gasteiger partial charge in [-0.05, 0) is 61.7 Å². The topological polar surface area (TPSA) is 104 Å². The summed E-state index contributed by atoms with van der Waals surface area (Å²) in [7, 11) is -3.68. The van der Waals surface area contributed by atoms with E-state index in [9.17, 15) is 18.0 Å². The van der Waals surface area contributed by atoms with Crippen LogP contribution in [0.4, 0.5) is 11.4 Å². The molecule has 8 heteroatoms. The van der Waals surface area contributed by atoms with Gasteiger partial charge in [-0.15, -0.1) is 0 Å². The van der Waals surface area contributed by atoms with Crippen molar-refractivity contribution in [3.63, 3.8) is 0 Å². The summed E-state index contributed by atoms with van der Waals surface area (Å²) in [5.74, 6) is -0.443. The average Bonchev–Trinajstić information content (AvgIpc) is 2.66. The maximum atomic E-state index is 12.4. The van der Waals surface area contributed by atoms with Crippen LogP contribution in [0.15, 0.2) is 41.3 Å². The number of hydrogen-bond acceptors (Lipinski definition) is 4. The van der Waals surface area contributed by atoms with Gasteiger partial charge in [0.25, 0.3) is 0 Å². The molecule has 0 fully saturated rings. The van der Waals surface area contributed by atoms with Crippen molar-refractivity contribution in [3.05, 3.63) is 53.1 Å². The summed E-state index contributed by atoms with van der Waals surface area (Å²) < 4.78 is 27.2. The van der Waals surface area contributed by atoms with E-state index >= 15 is 0 Å². The fourth-order valence-electron chi connectivity index (χ4n) is 2.56. The minimum Gasteiger partial charge on any atom is -0.326 e. The molecule has 0 heterocycles. The van der Waals surface area contributed by atoms with Gasteiger partial charge in [-0.2, -0.15) is 0 Å². The number of aryl methyl sites for hydroxylation is 3. The number of nitrogens with one attached hydrogen (secondary N) is 3. The number of hydrogen-bond donors (Lipinski definition) is 3. The summed E-state index contributed by atoms with van der Waals surface area (Å²) in [6, 6.07) is 10.1. The molecule has 0 aliphatic heterocycles. The maximum Gasteiger partial charge on any atom is 0.240 e. The second-order valence-corrected chi connectivity index (χ2v) is 8.64. The molecule has 29 heavy (non-hydrogen) atoms. The first-order valence-corrected chi connectivity index (χ1v) is 10.9. The van der Waals surface area contributed by atoms with Crippen molar-refractivity contribution in [2.75, 3.05) is 17.2 Å². The molecule has 3 N–H and O–H groups in total. The van der Waals surface area contributed by atoms with Crippen LogP contribution >= 0.6 is 0 Å². The van der Waals surface area contributed by atoms with Crippen molar-refractivity contribution in [2.24, 2.45) is 0 Å². The molecule has 0 aliphatic carbocycles. The van der Waals surface area contributed by atoms with Crippen LogP contribution < -0.4 is 15.4 Å². The molecule has 0 saturated carbocycles. The third kappa shape index (κ3) is 6.40. The van der Waals surface area contributed by atoms with Crippen molar-refractivity contribution in [1.82, 2.24) is 4.72 Å². The zero-order valence-electron chi connectivity index (χ0n) is 17.1. The van der Waals surface area contributed by atoms with Crippen molar-refractivity contribution >= 4 is 33.2 Å². The molecule has 0 saturated heterocycles. The molecule has 0 spiro atoms. The fraction of sp³-hybridized carbons (Fsp3) is 0.333. The molecule has 0 unspecified atom stereocenters. The highest BCUT2D eigenvalue weighted by Crippen LogP contribution is 2.21. The van der Waals surface area contributed by atoms with Gasteiger partial charge in [0.2, 0.25) is 21.8 Å². The highest BCUT2D eigenvalue weighted by molar-refractivity contribution is 7.89. The number of benzene rings is 2. The monoisotopic (exact) mass is 417 g/mol. The second kappa shape index (κ2) is 9.67. The molecule has 2 aromatic rings. The van der Waals surface area contributed by atoms with Gasteiger partial charge >= 0.3 is 0 Å². The van der Waals surface area contributed by atoms with Crippen LogP contribution in [0.25, 0.3) is 0 Å². The van der Waals surface area contributed by atoms with Crippen LogP contribution in [0, 0.1) is 20.8 Å². The Kier molecular flexibility index (Phi) is 7.53. The minimum absolute atomic E-state index is 0.0188. The van der Waals surface area contributed by atoms with E-state index in [0.717, 1.165) is 16.7 Å². The second-order valence-electron chi connectivity index (χ2n) is 6.87. The Morgan fingerprint density at radius 3 is 2.21 bits per heavy atom. The summed E-state index contributed by atoms with van der Waals surface area (Å²) in [5.41, 5.74) is 3.89. The summed E-state index contributed by atoms with van der Waals surface area (Å²) in [6.45, 7) is 7.33. The number of amides is 2. The van der Waals surface area contributed by atoms with E-state index < -0.39 is 10.0 Å². The van der Waals surface area contributed by atoms with E-state index in [2.05, 4.69) is 15.4 Å². The first kappa shape index (κ1) is 22.6. The Bertz CT molecular complexity index is 1020. The molecular weight excluding hydrogens is 390 g/mol. The lowest BCUT2D eigenvalue weighted by molar-refractivity contribution is -0.116. The van der Waals surface area contributed by atoms with Crippen LogP contribution in [0.1, 0.15) is 36.5 Å². The molecule has 0 radical (unpaired) electrons. The fourth-order valence-corrected chi connectivity index (χ4v) is 3.68. The van der Waals surface area contributed by atoms with Gasteiger partial charge < -0.3 is 10.6 Å². The molecule has 0 aromatic heterocycles. The molecule has 0 aliphatic rings. The zero-order valence-corrected chi connectivity index (χ0v) is 17.9. The van der Waals surface area contributed by atoms with Crippen molar-refractivity contribution in [1.29, 1.82) is 0 Å².